The lowest BCUT2D eigenvalue weighted by molar-refractivity contribution is 0.0495. The normalized spacial score (nSPS) is 14.4. The Labute approximate surface area is 102 Å². The molecule has 0 fully saturated rings. The zero-order valence-corrected chi connectivity index (χ0v) is 11.6. The molecule has 0 aliphatic carbocycles. The monoisotopic (exact) mass is 296 g/mol. The molecule has 1 rings (SSSR count). The number of aliphatic hydroxyl groups is 1. The van der Waals surface area contributed by atoms with Crippen molar-refractivity contribution in [3.63, 3.8) is 0 Å². The van der Waals surface area contributed by atoms with Crippen molar-refractivity contribution in [2.45, 2.75) is 33.3 Å². The summed E-state index contributed by atoms with van der Waals surface area (Å²) in [7, 11) is 0. The van der Waals surface area contributed by atoms with Crippen molar-refractivity contribution in [1.82, 2.24) is 0 Å². The number of halogens is 2. The highest BCUT2D eigenvalue weighted by atomic mass is 79.9. The van der Waals surface area contributed by atoms with Gasteiger partial charge in [0.1, 0.15) is 4.34 Å². The molecule has 80 valence electrons. The van der Waals surface area contributed by atoms with Gasteiger partial charge < -0.3 is 5.11 Å². The molecule has 0 amide bonds. The molecule has 0 aromatic carbocycles. The summed E-state index contributed by atoms with van der Waals surface area (Å²) < 4.78 is 1.57. The lowest BCUT2D eigenvalue weighted by atomic mass is 9.83. The molecular formula is C10H14BrClOS. The lowest BCUT2D eigenvalue weighted by Crippen LogP contribution is -2.19. The van der Waals surface area contributed by atoms with Gasteiger partial charge in [0.2, 0.25) is 0 Å². The number of thiophene rings is 1. The molecule has 0 radical (unpaired) electrons. The number of hydrogen-bond acceptors (Lipinski definition) is 2. The first kappa shape index (κ1) is 12.5. The van der Waals surface area contributed by atoms with Crippen LogP contribution < -0.4 is 0 Å². The van der Waals surface area contributed by atoms with E-state index in [2.05, 4.69) is 36.7 Å². The number of rotatable bonds is 3. The molecule has 1 aromatic heterocycles. The quantitative estimate of drug-likeness (QED) is 0.862. The predicted octanol–water partition coefficient (Wildman–Crippen LogP) is 4.63. The Hall–Kier alpha value is 0.430. The van der Waals surface area contributed by atoms with E-state index < -0.39 is 6.10 Å². The average molecular weight is 298 g/mol. The molecule has 1 atom stereocenters. The van der Waals surface area contributed by atoms with Crippen molar-refractivity contribution in [1.29, 1.82) is 0 Å². The second-order valence-corrected chi connectivity index (χ2v) is 6.56. The van der Waals surface area contributed by atoms with E-state index in [1.807, 2.05) is 6.07 Å². The van der Waals surface area contributed by atoms with Gasteiger partial charge in [-0.2, -0.15) is 0 Å². The highest BCUT2D eigenvalue weighted by Gasteiger charge is 2.28. The van der Waals surface area contributed by atoms with Crippen LogP contribution in [0.2, 0.25) is 4.34 Å². The van der Waals surface area contributed by atoms with Crippen LogP contribution in [0.5, 0.6) is 0 Å². The molecular weight excluding hydrogens is 284 g/mol. The van der Waals surface area contributed by atoms with E-state index in [4.69, 9.17) is 11.6 Å². The molecule has 1 aromatic rings. The standard InChI is InChI=1S/C10H14BrClOS/c1-4-10(2,3)8(13)7-5-6(11)9(12)14-7/h5,8,13H,4H2,1-3H3. The van der Waals surface area contributed by atoms with Gasteiger partial charge in [0.15, 0.2) is 0 Å². The molecule has 1 N–H and O–H groups in total. The fraction of sp³-hybridized carbons (Fsp3) is 0.600. The van der Waals surface area contributed by atoms with Crippen molar-refractivity contribution in [2.24, 2.45) is 5.41 Å². The third-order valence-electron chi connectivity index (χ3n) is 2.59. The first-order valence-corrected chi connectivity index (χ1v) is 6.50. The fourth-order valence-electron chi connectivity index (χ4n) is 1.08. The highest BCUT2D eigenvalue weighted by molar-refractivity contribution is 9.10. The Morgan fingerprint density at radius 2 is 2.21 bits per heavy atom. The van der Waals surface area contributed by atoms with Gasteiger partial charge in [-0.05, 0) is 33.8 Å². The smallest absolute Gasteiger partial charge is 0.107 e. The van der Waals surface area contributed by atoms with Crippen LogP contribution in [-0.4, -0.2) is 5.11 Å². The second-order valence-electron chi connectivity index (χ2n) is 4.02. The molecule has 4 heteroatoms. The third kappa shape index (κ3) is 2.51. The van der Waals surface area contributed by atoms with Crippen LogP contribution in [0.15, 0.2) is 10.5 Å². The maximum atomic E-state index is 10.1. The summed E-state index contributed by atoms with van der Waals surface area (Å²) in [6, 6.07) is 1.90. The molecule has 1 nitrogen and oxygen atoms in total. The van der Waals surface area contributed by atoms with Gasteiger partial charge in [-0.25, -0.2) is 0 Å². The predicted molar refractivity (Wildman–Crippen MR) is 66.1 cm³/mol. The summed E-state index contributed by atoms with van der Waals surface area (Å²) in [5.41, 5.74) is -0.104. The SMILES string of the molecule is CCC(C)(C)C(O)c1cc(Br)c(Cl)s1. The Kier molecular flexibility index (Phi) is 4.03. The Balaban J connectivity index is 2.94. The molecule has 0 aliphatic heterocycles. The van der Waals surface area contributed by atoms with Crippen molar-refractivity contribution in [3.8, 4) is 0 Å². The molecule has 0 saturated carbocycles. The van der Waals surface area contributed by atoms with E-state index in [-0.39, 0.29) is 5.41 Å². The Morgan fingerprint density at radius 3 is 2.57 bits per heavy atom. The van der Waals surface area contributed by atoms with E-state index in [1.54, 1.807) is 0 Å². The van der Waals surface area contributed by atoms with Gasteiger partial charge in [-0.15, -0.1) is 11.3 Å². The first-order chi connectivity index (χ1) is 6.38. The summed E-state index contributed by atoms with van der Waals surface area (Å²) in [4.78, 5) is 0.925. The van der Waals surface area contributed by atoms with Gasteiger partial charge in [0.25, 0.3) is 0 Å². The number of aliphatic hydroxyl groups excluding tert-OH is 1. The molecule has 0 aliphatic rings. The first-order valence-electron chi connectivity index (χ1n) is 4.51. The molecule has 0 spiro atoms. The van der Waals surface area contributed by atoms with Gasteiger partial charge in [0.05, 0.1) is 6.10 Å². The zero-order valence-electron chi connectivity index (χ0n) is 8.47. The maximum absolute atomic E-state index is 10.1. The fourth-order valence-corrected chi connectivity index (χ4v) is 3.01. The molecule has 14 heavy (non-hydrogen) atoms. The van der Waals surface area contributed by atoms with Crippen LogP contribution in [0, 0.1) is 5.41 Å². The van der Waals surface area contributed by atoms with Crippen molar-refractivity contribution in [3.05, 3.63) is 19.8 Å². The van der Waals surface area contributed by atoms with Crippen LogP contribution in [0.1, 0.15) is 38.2 Å². The summed E-state index contributed by atoms with van der Waals surface area (Å²) in [5, 5.41) is 10.1. The van der Waals surface area contributed by atoms with E-state index >= 15 is 0 Å². The van der Waals surface area contributed by atoms with Crippen molar-refractivity contribution < 1.29 is 5.11 Å². The van der Waals surface area contributed by atoms with Gasteiger partial charge in [-0.3, -0.25) is 0 Å². The Bertz CT molecular complexity index is 302. The van der Waals surface area contributed by atoms with Crippen molar-refractivity contribution in [2.75, 3.05) is 0 Å². The van der Waals surface area contributed by atoms with E-state index in [1.165, 1.54) is 11.3 Å². The zero-order chi connectivity index (χ0) is 10.9. The summed E-state index contributed by atoms with van der Waals surface area (Å²) >= 11 is 10.7. The minimum atomic E-state index is -0.443. The van der Waals surface area contributed by atoms with Crippen LogP contribution in [0.4, 0.5) is 0 Å². The van der Waals surface area contributed by atoms with Crippen molar-refractivity contribution >= 4 is 38.9 Å². The van der Waals surface area contributed by atoms with Crippen LogP contribution in [0.25, 0.3) is 0 Å². The van der Waals surface area contributed by atoms with Gasteiger partial charge in [-0.1, -0.05) is 32.4 Å². The summed E-state index contributed by atoms with van der Waals surface area (Å²) in [6.45, 7) is 6.19. The summed E-state index contributed by atoms with van der Waals surface area (Å²) in [6.07, 6.45) is 0.489. The second kappa shape index (κ2) is 4.52. The minimum absolute atomic E-state index is 0.104. The molecule has 0 bridgehead atoms. The molecule has 1 unspecified atom stereocenters. The third-order valence-corrected chi connectivity index (χ3v) is 5.11. The molecule has 0 saturated heterocycles. The van der Waals surface area contributed by atoms with Crippen LogP contribution in [-0.2, 0) is 0 Å². The maximum Gasteiger partial charge on any atom is 0.107 e. The average Bonchev–Trinajstić information content (AvgIpc) is 2.45. The highest BCUT2D eigenvalue weighted by Crippen LogP contribution is 2.42. The van der Waals surface area contributed by atoms with Gasteiger partial charge in [0, 0.05) is 9.35 Å². The summed E-state index contributed by atoms with van der Waals surface area (Å²) in [5.74, 6) is 0. The minimum Gasteiger partial charge on any atom is -0.387 e. The molecule has 1 heterocycles. The Morgan fingerprint density at radius 1 is 1.64 bits per heavy atom. The van der Waals surface area contributed by atoms with Crippen LogP contribution >= 0.6 is 38.9 Å². The van der Waals surface area contributed by atoms with E-state index in [0.29, 0.717) is 4.34 Å². The lowest BCUT2D eigenvalue weighted by Gasteiger charge is -2.28. The number of hydrogen-bond donors (Lipinski definition) is 1. The van der Waals surface area contributed by atoms with E-state index in [9.17, 15) is 5.11 Å². The van der Waals surface area contributed by atoms with Gasteiger partial charge >= 0.3 is 0 Å². The van der Waals surface area contributed by atoms with Crippen LogP contribution in [0.3, 0.4) is 0 Å². The largest absolute Gasteiger partial charge is 0.387 e. The topological polar surface area (TPSA) is 20.2 Å². The van der Waals surface area contributed by atoms with E-state index in [0.717, 1.165) is 15.8 Å².